The molecular weight excluding hydrogens is 248 g/mol. The van der Waals surface area contributed by atoms with Crippen LogP contribution in [0.25, 0.3) is 0 Å². The number of nitro benzene ring substituents is 1. The molecule has 1 saturated heterocycles. The monoisotopic (exact) mass is 264 g/mol. The molecule has 19 heavy (non-hydrogen) atoms. The normalized spacial score (nSPS) is 19.2. The van der Waals surface area contributed by atoms with Gasteiger partial charge in [0.1, 0.15) is 0 Å². The van der Waals surface area contributed by atoms with Gasteiger partial charge >= 0.3 is 5.97 Å². The highest BCUT2D eigenvalue weighted by atomic mass is 16.6. The Morgan fingerprint density at radius 3 is 2.79 bits per heavy atom. The number of anilines is 1. The lowest BCUT2D eigenvalue weighted by Crippen LogP contribution is -2.38. The van der Waals surface area contributed by atoms with Crippen LogP contribution in [0.3, 0.4) is 0 Å². The number of hydrogen-bond donors (Lipinski definition) is 1. The number of piperidine rings is 1. The predicted octanol–water partition coefficient (Wildman–Crippen LogP) is 2.67. The maximum absolute atomic E-state index is 11.3. The van der Waals surface area contributed by atoms with Crippen molar-refractivity contribution in [1.29, 1.82) is 0 Å². The molecule has 1 aliphatic heterocycles. The maximum atomic E-state index is 11.3. The smallest absolute Gasteiger partial charge is 0.338 e. The van der Waals surface area contributed by atoms with Crippen molar-refractivity contribution >= 4 is 17.3 Å². The van der Waals surface area contributed by atoms with Crippen LogP contribution in [0.2, 0.25) is 0 Å². The zero-order valence-corrected chi connectivity index (χ0v) is 10.7. The molecule has 1 fully saturated rings. The second-order valence-electron chi connectivity index (χ2n) is 4.80. The zero-order chi connectivity index (χ0) is 14.0. The Morgan fingerprint density at radius 2 is 2.21 bits per heavy atom. The topological polar surface area (TPSA) is 83.7 Å². The van der Waals surface area contributed by atoms with E-state index >= 15 is 0 Å². The molecule has 0 bridgehead atoms. The number of aromatic carboxylic acids is 1. The van der Waals surface area contributed by atoms with Crippen molar-refractivity contribution in [3.63, 3.8) is 0 Å². The van der Waals surface area contributed by atoms with Crippen molar-refractivity contribution < 1.29 is 14.8 Å². The summed E-state index contributed by atoms with van der Waals surface area (Å²) in [6, 6.07) is 4.30. The van der Waals surface area contributed by atoms with Crippen molar-refractivity contribution in [3.8, 4) is 0 Å². The molecule has 0 radical (unpaired) electrons. The standard InChI is InChI=1S/C13H16N2O4/c1-9-4-2-3-7-14(9)12-6-5-10(15(18)19)8-11(12)13(16)17/h5-6,8-9H,2-4,7H2,1H3,(H,16,17)/t9-/m1/s1. The fourth-order valence-electron chi connectivity index (χ4n) is 2.52. The van der Waals surface area contributed by atoms with E-state index in [1.807, 2.05) is 11.8 Å². The molecule has 0 unspecified atom stereocenters. The van der Waals surface area contributed by atoms with Gasteiger partial charge in [-0.1, -0.05) is 0 Å². The van der Waals surface area contributed by atoms with Crippen LogP contribution >= 0.6 is 0 Å². The number of nitrogens with zero attached hydrogens (tertiary/aromatic N) is 2. The second-order valence-corrected chi connectivity index (χ2v) is 4.80. The minimum absolute atomic E-state index is 0.00273. The van der Waals surface area contributed by atoms with Crippen LogP contribution in [-0.2, 0) is 0 Å². The van der Waals surface area contributed by atoms with Gasteiger partial charge < -0.3 is 10.0 Å². The quantitative estimate of drug-likeness (QED) is 0.670. The predicted molar refractivity (Wildman–Crippen MR) is 70.7 cm³/mol. The summed E-state index contributed by atoms with van der Waals surface area (Å²) in [6.07, 6.45) is 3.16. The summed E-state index contributed by atoms with van der Waals surface area (Å²) in [5, 5.41) is 20.0. The Balaban J connectivity index is 2.44. The Hall–Kier alpha value is -2.11. The SMILES string of the molecule is C[C@@H]1CCCCN1c1ccc([N+](=O)[O-])cc1C(=O)O. The molecule has 0 saturated carbocycles. The Labute approximate surface area is 110 Å². The molecule has 1 N–H and O–H groups in total. The molecule has 6 heteroatoms. The van der Waals surface area contributed by atoms with Crippen LogP contribution < -0.4 is 4.90 Å². The van der Waals surface area contributed by atoms with Crippen LogP contribution in [0.5, 0.6) is 0 Å². The Bertz CT molecular complexity index is 515. The molecular formula is C13H16N2O4. The minimum Gasteiger partial charge on any atom is -0.478 e. The number of non-ortho nitro benzene ring substituents is 1. The van der Waals surface area contributed by atoms with Crippen molar-refractivity contribution in [2.75, 3.05) is 11.4 Å². The largest absolute Gasteiger partial charge is 0.478 e. The molecule has 0 aromatic heterocycles. The van der Waals surface area contributed by atoms with Crippen LogP contribution in [-0.4, -0.2) is 28.6 Å². The van der Waals surface area contributed by atoms with Crippen molar-refractivity contribution in [2.45, 2.75) is 32.2 Å². The third-order valence-corrected chi connectivity index (χ3v) is 3.53. The van der Waals surface area contributed by atoms with E-state index < -0.39 is 10.9 Å². The third kappa shape index (κ3) is 2.67. The van der Waals surface area contributed by atoms with E-state index in [9.17, 15) is 20.0 Å². The molecule has 0 aliphatic carbocycles. The van der Waals surface area contributed by atoms with Crippen LogP contribution in [0.1, 0.15) is 36.5 Å². The summed E-state index contributed by atoms with van der Waals surface area (Å²) in [6.45, 7) is 2.84. The molecule has 2 rings (SSSR count). The summed E-state index contributed by atoms with van der Waals surface area (Å²) >= 11 is 0. The van der Waals surface area contributed by atoms with Crippen molar-refractivity contribution in [3.05, 3.63) is 33.9 Å². The number of carboxylic acid groups (broad SMARTS) is 1. The number of carboxylic acids is 1. The minimum atomic E-state index is -1.13. The van der Waals surface area contributed by atoms with Crippen molar-refractivity contribution in [2.24, 2.45) is 0 Å². The first-order chi connectivity index (χ1) is 9.00. The van der Waals surface area contributed by atoms with Gasteiger partial charge in [-0.25, -0.2) is 4.79 Å². The molecule has 1 aromatic rings. The van der Waals surface area contributed by atoms with Gasteiger partial charge in [0.05, 0.1) is 16.2 Å². The van der Waals surface area contributed by atoms with Gasteiger partial charge in [-0.3, -0.25) is 10.1 Å². The van der Waals surface area contributed by atoms with Gasteiger partial charge in [0.2, 0.25) is 0 Å². The molecule has 6 nitrogen and oxygen atoms in total. The van der Waals surface area contributed by atoms with E-state index in [4.69, 9.17) is 0 Å². The first-order valence-electron chi connectivity index (χ1n) is 6.29. The van der Waals surface area contributed by atoms with Gasteiger partial charge in [-0.15, -0.1) is 0 Å². The molecule has 102 valence electrons. The first kappa shape index (κ1) is 13.3. The van der Waals surface area contributed by atoms with Gasteiger partial charge in [-0.2, -0.15) is 0 Å². The van der Waals surface area contributed by atoms with Gasteiger partial charge in [0.15, 0.2) is 0 Å². The van der Waals surface area contributed by atoms with Crippen LogP contribution in [0.4, 0.5) is 11.4 Å². The lowest BCUT2D eigenvalue weighted by atomic mass is 10.0. The van der Waals surface area contributed by atoms with Crippen LogP contribution in [0, 0.1) is 10.1 Å². The zero-order valence-electron chi connectivity index (χ0n) is 10.7. The number of carbonyl (C=O) groups is 1. The highest BCUT2D eigenvalue weighted by Gasteiger charge is 2.24. The Kier molecular flexibility index (Phi) is 3.69. The molecule has 1 heterocycles. The molecule has 1 atom stereocenters. The summed E-state index contributed by atoms with van der Waals surface area (Å²) in [7, 11) is 0. The number of benzene rings is 1. The number of rotatable bonds is 3. The molecule has 1 aliphatic rings. The highest BCUT2D eigenvalue weighted by molar-refractivity contribution is 5.95. The van der Waals surface area contributed by atoms with E-state index in [0.717, 1.165) is 31.9 Å². The van der Waals surface area contributed by atoms with E-state index in [0.29, 0.717) is 5.69 Å². The van der Waals surface area contributed by atoms with Crippen molar-refractivity contribution in [1.82, 2.24) is 0 Å². The average Bonchev–Trinajstić information content (AvgIpc) is 2.38. The Morgan fingerprint density at radius 1 is 1.47 bits per heavy atom. The first-order valence-corrected chi connectivity index (χ1v) is 6.29. The lowest BCUT2D eigenvalue weighted by Gasteiger charge is -2.36. The van der Waals surface area contributed by atoms with E-state index in [1.165, 1.54) is 6.07 Å². The summed E-state index contributed by atoms with van der Waals surface area (Å²) in [5.74, 6) is -1.13. The number of hydrogen-bond acceptors (Lipinski definition) is 4. The highest BCUT2D eigenvalue weighted by Crippen LogP contribution is 2.30. The van der Waals surface area contributed by atoms with Gasteiger partial charge in [-0.05, 0) is 32.3 Å². The van der Waals surface area contributed by atoms with E-state index in [1.54, 1.807) is 6.07 Å². The molecule has 0 amide bonds. The summed E-state index contributed by atoms with van der Waals surface area (Å²) in [5.41, 5.74) is 0.388. The average molecular weight is 264 g/mol. The van der Waals surface area contributed by atoms with Gasteiger partial charge in [0.25, 0.3) is 5.69 Å². The van der Waals surface area contributed by atoms with E-state index in [2.05, 4.69) is 0 Å². The fourth-order valence-corrected chi connectivity index (χ4v) is 2.52. The van der Waals surface area contributed by atoms with Gasteiger partial charge in [0, 0.05) is 24.7 Å². The lowest BCUT2D eigenvalue weighted by molar-refractivity contribution is -0.384. The third-order valence-electron chi connectivity index (χ3n) is 3.53. The molecule has 1 aromatic carbocycles. The molecule has 0 spiro atoms. The summed E-state index contributed by atoms with van der Waals surface area (Å²) < 4.78 is 0. The summed E-state index contributed by atoms with van der Waals surface area (Å²) in [4.78, 5) is 23.5. The number of nitro groups is 1. The second kappa shape index (κ2) is 5.26. The van der Waals surface area contributed by atoms with Crippen LogP contribution in [0.15, 0.2) is 18.2 Å². The fraction of sp³-hybridized carbons (Fsp3) is 0.462. The van der Waals surface area contributed by atoms with E-state index in [-0.39, 0.29) is 17.3 Å². The maximum Gasteiger partial charge on any atom is 0.338 e.